The summed E-state index contributed by atoms with van der Waals surface area (Å²) >= 11 is 0. The van der Waals surface area contributed by atoms with Crippen LogP contribution in [-0.2, 0) is 9.31 Å². The number of aromatic nitrogens is 3. The molecule has 3 heterocycles. The van der Waals surface area contributed by atoms with Gasteiger partial charge >= 0.3 is 7.12 Å². The Morgan fingerprint density at radius 2 is 1.52 bits per heavy atom. The Bertz CT molecular complexity index is 630. The molecule has 0 atom stereocenters. The van der Waals surface area contributed by atoms with Crippen LogP contribution in [0.1, 0.15) is 27.7 Å². The van der Waals surface area contributed by atoms with Crippen molar-refractivity contribution in [1.29, 1.82) is 0 Å². The molecular weight excluding hydrogens is 265 g/mol. The van der Waals surface area contributed by atoms with Crippen molar-refractivity contribution in [3.8, 4) is 11.3 Å². The Hall–Kier alpha value is -1.79. The van der Waals surface area contributed by atoms with Gasteiger partial charge in [0.1, 0.15) is 0 Å². The second-order valence-electron chi connectivity index (χ2n) is 6.15. The molecule has 0 aliphatic carbocycles. The molecule has 5 nitrogen and oxygen atoms in total. The fourth-order valence-electron chi connectivity index (χ4n) is 2.12. The molecule has 2 aromatic heterocycles. The standard InChI is InChI=1S/C15H18BN3O2/c1-14(2)15(3,4)21-16(20-14)13-10-18-9-12(19-13)11-5-7-17-8-6-11/h5-10H,1-4H3. The van der Waals surface area contributed by atoms with Gasteiger partial charge in [-0.05, 0) is 39.8 Å². The average Bonchev–Trinajstić information content (AvgIpc) is 2.69. The number of nitrogens with zero attached hydrogens (tertiary/aromatic N) is 3. The Balaban J connectivity index is 1.92. The van der Waals surface area contributed by atoms with Gasteiger partial charge in [0.2, 0.25) is 0 Å². The maximum atomic E-state index is 6.00. The van der Waals surface area contributed by atoms with E-state index < -0.39 is 7.12 Å². The highest BCUT2D eigenvalue weighted by molar-refractivity contribution is 6.61. The van der Waals surface area contributed by atoms with E-state index in [-0.39, 0.29) is 11.2 Å². The average molecular weight is 283 g/mol. The van der Waals surface area contributed by atoms with Crippen LogP contribution >= 0.6 is 0 Å². The van der Waals surface area contributed by atoms with Crippen LogP contribution < -0.4 is 5.59 Å². The third kappa shape index (κ3) is 2.56. The normalized spacial score (nSPS) is 19.7. The smallest absolute Gasteiger partial charge is 0.398 e. The first-order chi connectivity index (χ1) is 9.89. The molecule has 1 aliphatic rings. The van der Waals surface area contributed by atoms with Crippen molar-refractivity contribution in [1.82, 2.24) is 15.0 Å². The van der Waals surface area contributed by atoms with Gasteiger partial charge in [0, 0.05) is 24.2 Å². The summed E-state index contributed by atoms with van der Waals surface area (Å²) in [7, 11) is -0.496. The first-order valence-corrected chi connectivity index (χ1v) is 6.97. The largest absolute Gasteiger partial charge is 0.516 e. The topological polar surface area (TPSA) is 57.1 Å². The lowest BCUT2D eigenvalue weighted by atomic mass is 9.85. The van der Waals surface area contributed by atoms with Gasteiger partial charge in [-0.15, -0.1) is 0 Å². The molecule has 3 rings (SSSR count). The molecule has 0 N–H and O–H groups in total. The zero-order chi connectivity index (χ0) is 15.1. The van der Waals surface area contributed by atoms with Crippen molar-refractivity contribution in [3.05, 3.63) is 36.9 Å². The van der Waals surface area contributed by atoms with E-state index in [1.807, 2.05) is 39.8 Å². The monoisotopic (exact) mass is 283 g/mol. The minimum atomic E-state index is -0.496. The van der Waals surface area contributed by atoms with Crippen molar-refractivity contribution in [2.45, 2.75) is 38.9 Å². The van der Waals surface area contributed by atoms with E-state index >= 15 is 0 Å². The van der Waals surface area contributed by atoms with Crippen molar-refractivity contribution >= 4 is 12.7 Å². The van der Waals surface area contributed by atoms with Gasteiger partial charge in [0.05, 0.1) is 28.7 Å². The Labute approximate surface area is 124 Å². The van der Waals surface area contributed by atoms with E-state index in [1.165, 1.54) is 0 Å². The number of pyridine rings is 1. The fraction of sp³-hybridized carbons (Fsp3) is 0.400. The summed E-state index contributed by atoms with van der Waals surface area (Å²) in [5.74, 6) is 0. The quantitative estimate of drug-likeness (QED) is 0.787. The number of hydrogen-bond donors (Lipinski definition) is 0. The van der Waals surface area contributed by atoms with Crippen LogP contribution in [0.25, 0.3) is 11.3 Å². The fourth-order valence-corrected chi connectivity index (χ4v) is 2.12. The number of rotatable bonds is 2. The van der Waals surface area contributed by atoms with Crippen LogP contribution in [0.2, 0.25) is 0 Å². The van der Waals surface area contributed by atoms with Crippen molar-refractivity contribution in [3.63, 3.8) is 0 Å². The predicted octanol–water partition coefficient (Wildman–Crippen LogP) is 1.84. The van der Waals surface area contributed by atoms with Crippen molar-refractivity contribution in [2.24, 2.45) is 0 Å². The Morgan fingerprint density at radius 3 is 2.14 bits per heavy atom. The summed E-state index contributed by atoms with van der Waals surface area (Å²) in [6, 6.07) is 3.80. The SMILES string of the molecule is CC1(C)OB(c2cncc(-c3ccncc3)n2)OC1(C)C. The van der Waals surface area contributed by atoms with Crippen LogP contribution in [0.15, 0.2) is 36.9 Å². The summed E-state index contributed by atoms with van der Waals surface area (Å²) in [4.78, 5) is 12.9. The molecule has 0 radical (unpaired) electrons. The zero-order valence-corrected chi connectivity index (χ0v) is 12.7. The lowest BCUT2D eigenvalue weighted by Crippen LogP contribution is -2.41. The van der Waals surface area contributed by atoms with Crippen LogP contribution in [0, 0.1) is 0 Å². The molecule has 0 bridgehead atoms. The van der Waals surface area contributed by atoms with Gasteiger partial charge in [0.15, 0.2) is 0 Å². The van der Waals surface area contributed by atoms with Gasteiger partial charge < -0.3 is 9.31 Å². The minimum absolute atomic E-state index is 0.383. The van der Waals surface area contributed by atoms with E-state index in [1.54, 1.807) is 24.8 Å². The first-order valence-electron chi connectivity index (χ1n) is 6.97. The first kappa shape index (κ1) is 14.2. The van der Waals surface area contributed by atoms with Crippen LogP contribution in [0.3, 0.4) is 0 Å². The van der Waals surface area contributed by atoms with E-state index in [0.717, 1.165) is 11.3 Å². The van der Waals surface area contributed by atoms with Crippen LogP contribution in [0.5, 0.6) is 0 Å². The van der Waals surface area contributed by atoms with Crippen molar-refractivity contribution < 1.29 is 9.31 Å². The maximum Gasteiger partial charge on any atom is 0.516 e. The Kier molecular flexibility index (Phi) is 3.30. The van der Waals surface area contributed by atoms with Gasteiger partial charge in [-0.1, -0.05) is 0 Å². The summed E-state index contributed by atoms with van der Waals surface area (Å²) in [5.41, 5.74) is 1.67. The molecule has 0 amide bonds. The highest BCUT2D eigenvalue weighted by atomic mass is 16.7. The molecule has 6 heteroatoms. The third-order valence-electron chi connectivity index (χ3n) is 4.12. The second-order valence-corrected chi connectivity index (χ2v) is 6.15. The van der Waals surface area contributed by atoms with Gasteiger partial charge in [-0.3, -0.25) is 15.0 Å². The molecule has 0 saturated carbocycles. The maximum absolute atomic E-state index is 6.00. The molecule has 0 unspecified atom stereocenters. The van der Waals surface area contributed by atoms with Gasteiger partial charge in [-0.25, -0.2) is 0 Å². The predicted molar refractivity (Wildman–Crippen MR) is 81.0 cm³/mol. The zero-order valence-electron chi connectivity index (χ0n) is 12.7. The Morgan fingerprint density at radius 1 is 0.905 bits per heavy atom. The lowest BCUT2D eigenvalue weighted by Gasteiger charge is -2.32. The molecule has 0 spiro atoms. The van der Waals surface area contributed by atoms with Crippen LogP contribution in [-0.4, -0.2) is 33.3 Å². The molecule has 0 aromatic carbocycles. The van der Waals surface area contributed by atoms with E-state index in [9.17, 15) is 0 Å². The second kappa shape index (κ2) is 4.89. The molecule has 1 aliphatic heterocycles. The highest BCUT2D eigenvalue weighted by Crippen LogP contribution is 2.36. The van der Waals surface area contributed by atoms with Gasteiger partial charge in [0.25, 0.3) is 0 Å². The highest BCUT2D eigenvalue weighted by Gasteiger charge is 2.52. The molecule has 1 fully saturated rings. The van der Waals surface area contributed by atoms with Crippen molar-refractivity contribution in [2.75, 3.05) is 0 Å². The molecule has 1 saturated heterocycles. The van der Waals surface area contributed by atoms with E-state index in [4.69, 9.17) is 9.31 Å². The summed E-state index contributed by atoms with van der Waals surface area (Å²) in [6.45, 7) is 8.08. The summed E-state index contributed by atoms with van der Waals surface area (Å²) < 4.78 is 12.0. The third-order valence-corrected chi connectivity index (χ3v) is 4.12. The molecule has 2 aromatic rings. The molecule has 108 valence electrons. The molecular formula is C15H18BN3O2. The summed E-state index contributed by atoms with van der Waals surface area (Å²) in [6.07, 6.45) is 6.88. The van der Waals surface area contributed by atoms with E-state index in [2.05, 4.69) is 15.0 Å². The van der Waals surface area contributed by atoms with Gasteiger partial charge in [-0.2, -0.15) is 0 Å². The van der Waals surface area contributed by atoms with E-state index in [0.29, 0.717) is 5.59 Å². The number of hydrogen-bond acceptors (Lipinski definition) is 5. The minimum Gasteiger partial charge on any atom is -0.398 e. The molecule has 21 heavy (non-hydrogen) atoms. The lowest BCUT2D eigenvalue weighted by molar-refractivity contribution is 0.00578. The van der Waals surface area contributed by atoms with Crippen LogP contribution in [0.4, 0.5) is 0 Å². The summed E-state index contributed by atoms with van der Waals surface area (Å²) in [5, 5.41) is 0.